The van der Waals surface area contributed by atoms with Gasteiger partial charge in [-0.25, -0.2) is 0 Å². The van der Waals surface area contributed by atoms with E-state index < -0.39 is 11.5 Å². The maximum atomic E-state index is 14.6. The summed E-state index contributed by atoms with van der Waals surface area (Å²) in [5, 5.41) is 29.7. The van der Waals surface area contributed by atoms with Crippen molar-refractivity contribution in [2.24, 2.45) is 45.3 Å². The Bertz CT molecular complexity index is 1340. The van der Waals surface area contributed by atoms with Gasteiger partial charge in [0.15, 0.2) is 5.78 Å². The second-order valence-electron chi connectivity index (χ2n) is 15.2. The molecule has 0 amide bonds. The highest BCUT2D eigenvalue weighted by atomic mass is 16.5. The maximum absolute atomic E-state index is 14.6. The molecule has 0 saturated heterocycles. The number of aliphatic hydroxyl groups is 1. The topological polar surface area (TPSA) is 109 Å². The number of nitrogens with zero attached hydrogens (tertiary/aromatic N) is 3. The van der Waals surface area contributed by atoms with Gasteiger partial charge in [-0.05, 0) is 85.0 Å². The van der Waals surface area contributed by atoms with E-state index in [1.165, 1.54) is 5.57 Å². The van der Waals surface area contributed by atoms with Crippen molar-refractivity contribution >= 4 is 5.78 Å². The smallest absolute Gasteiger partial charge is 0.242 e. The van der Waals surface area contributed by atoms with E-state index in [0.717, 1.165) is 44.9 Å². The Morgan fingerprint density at radius 1 is 1.10 bits per heavy atom. The van der Waals surface area contributed by atoms with Crippen molar-refractivity contribution in [2.45, 2.75) is 105 Å². The lowest BCUT2D eigenvalue weighted by atomic mass is 9.35. The molecular formula is C33H45N3O4. The third kappa shape index (κ3) is 3.51. The van der Waals surface area contributed by atoms with Gasteiger partial charge in [-0.1, -0.05) is 53.2 Å². The van der Waals surface area contributed by atoms with Gasteiger partial charge in [0.2, 0.25) is 11.8 Å². The third-order valence-corrected chi connectivity index (χ3v) is 12.9. The van der Waals surface area contributed by atoms with Gasteiger partial charge in [0.1, 0.15) is 6.61 Å². The van der Waals surface area contributed by atoms with E-state index in [1.807, 2.05) is 12.2 Å². The number of allylic oxidation sites excluding steroid dienone is 3. The number of ketones is 1. The van der Waals surface area contributed by atoms with E-state index in [9.17, 15) is 15.2 Å². The fraction of sp³-hybridized carbons (Fsp3) is 0.758. The van der Waals surface area contributed by atoms with Crippen LogP contribution in [0.2, 0.25) is 0 Å². The predicted molar refractivity (Wildman–Crippen MR) is 150 cm³/mol. The average Bonchev–Trinajstić information content (AvgIpc) is 3.37. The number of hydrogen-bond acceptors (Lipinski definition) is 7. The zero-order valence-corrected chi connectivity index (χ0v) is 25.2. The van der Waals surface area contributed by atoms with Crippen LogP contribution >= 0.6 is 0 Å². The molecule has 3 saturated carbocycles. The van der Waals surface area contributed by atoms with Gasteiger partial charge in [0, 0.05) is 18.4 Å². The second-order valence-corrected chi connectivity index (χ2v) is 15.2. The first-order chi connectivity index (χ1) is 18.8. The van der Waals surface area contributed by atoms with Crippen molar-refractivity contribution < 1.29 is 19.1 Å². The third-order valence-electron chi connectivity index (χ3n) is 12.9. The molecule has 2 unspecified atom stereocenters. The van der Waals surface area contributed by atoms with E-state index in [-0.39, 0.29) is 57.7 Å². The molecule has 0 spiro atoms. The van der Waals surface area contributed by atoms with Crippen LogP contribution in [0.1, 0.15) is 98.3 Å². The average molecular weight is 548 g/mol. The van der Waals surface area contributed by atoms with Gasteiger partial charge in [-0.3, -0.25) is 4.79 Å². The number of methoxy groups -OCH3 is 1. The summed E-state index contributed by atoms with van der Waals surface area (Å²) in [4.78, 5) is 14.6. The normalized spacial score (nSPS) is 45.7. The van der Waals surface area contributed by atoms with Crippen molar-refractivity contribution in [1.82, 2.24) is 10.2 Å². The second kappa shape index (κ2) is 8.85. The highest BCUT2D eigenvalue weighted by molar-refractivity contribution is 5.95. The molecule has 216 valence electrons. The van der Waals surface area contributed by atoms with Crippen molar-refractivity contribution in [1.29, 1.82) is 5.26 Å². The van der Waals surface area contributed by atoms with Gasteiger partial charge in [-0.15, -0.1) is 10.2 Å². The quantitative estimate of drug-likeness (QED) is 0.488. The number of carbonyl (C=O) groups is 1. The molecule has 0 radical (unpaired) electrons. The largest absolute Gasteiger partial charge is 0.422 e. The number of carbonyl (C=O) groups excluding carboxylic acids is 1. The fourth-order valence-corrected chi connectivity index (χ4v) is 10.4. The molecule has 5 aliphatic rings. The van der Waals surface area contributed by atoms with Gasteiger partial charge in [-0.2, -0.15) is 5.26 Å². The fourth-order valence-electron chi connectivity index (χ4n) is 10.4. The molecule has 5 aliphatic carbocycles. The van der Waals surface area contributed by atoms with Crippen LogP contribution in [-0.2, 0) is 21.6 Å². The zero-order valence-electron chi connectivity index (χ0n) is 25.2. The first-order valence-corrected chi connectivity index (χ1v) is 15.2. The number of aliphatic hydroxyl groups excluding tert-OH is 1. The molecule has 1 N–H and O–H groups in total. The standard InChI is InChI=1S/C33H45N3O4/c1-19-21-8-9-31(5)24(30(21,4)15-20(17-34)27(19)38)14-23(37)26-22-16-29(2,3)10-12-33(22,13-11-32(26,31)6)28-36-35-25(40-28)18-39-7/h14-15,19,21-22,26-27,38H,8-13,16,18H2,1-7H3/t19-,21-,22?,26+,27?,30-,31+,32+,33-/m0/s1. The monoisotopic (exact) mass is 547 g/mol. The van der Waals surface area contributed by atoms with Gasteiger partial charge in [0.05, 0.1) is 23.2 Å². The van der Waals surface area contributed by atoms with Gasteiger partial charge >= 0.3 is 0 Å². The molecule has 1 aromatic rings. The molecular weight excluding hydrogens is 502 g/mol. The van der Waals surface area contributed by atoms with Gasteiger partial charge < -0.3 is 14.3 Å². The Hall–Kier alpha value is -2.30. The molecule has 0 bridgehead atoms. The summed E-state index contributed by atoms with van der Waals surface area (Å²) in [6, 6.07) is 2.27. The van der Waals surface area contributed by atoms with E-state index in [1.54, 1.807) is 7.11 Å². The minimum Gasteiger partial charge on any atom is -0.422 e. The van der Waals surface area contributed by atoms with Crippen LogP contribution in [0, 0.1) is 56.7 Å². The number of ether oxygens (including phenoxy) is 1. The molecule has 7 heteroatoms. The Labute approximate surface area is 238 Å². The lowest BCUT2D eigenvalue weighted by Gasteiger charge is -2.68. The summed E-state index contributed by atoms with van der Waals surface area (Å²) in [7, 11) is 1.63. The van der Waals surface area contributed by atoms with Crippen LogP contribution in [0.5, 0.6) is 0 Å². The first kappa shape index (κ1) is 27.8. The molecule has 6 rings (SSSR count). The minimum atomic E-state index is -0.743. The number of fused-ring (bicyclic) bond motifs is 7. The van der Waals surface area contributed by atoms with E-state index in [0.29, 0.717) is 17.4 Å². The van der Waals surface area contributed by atoms with Crippen LogP contribution in [0.3, 0.4) is 0 Å². The number of hydrogen-bond donors (Lipinski definition) is 1. The van der Waals surface area contributed by atoms with Crippen LogP contribution in [0.4, 0.5) is 0 Å². The summed E-state index contributed by atoms with van der Waals surface area (Å²) in [5.41, 5.74) is 0.566. The van der Waals surface area contributed by atoms with E-state index in [2.05, 4.69) is 57.8 Å². The molecule has 0 aliphatic heterocycles. The maximum Gasteiger partial charge on any atom is 0.242 e. The Morgan fingerprint density at radius 3 is 2.52 bits per heavy atom. The SMILES string of the molecule is COCc1nnc([C@]23CCC(C)(C)CC2[C@@H]2C(=O)C=C4[C@@]5(C)C=C(C#N)C(O)[C@@H](C)[C@@H]5CC[C@@]4(C)[C@]2(C)CC3)o1. The molecule has 3 fully saturated rings. The Balaban J connectivity index is 1.50. The van der Waals surface area contributed by atoms with Crippen LogP contribution < -0.4 is 0 Å². The van der Waals surface area contributed by atoms with Crippen LogP contribution in [0.25, 0.3) is 0 Å². The molecule has 9 atom stereocenters. The molecule has 40 heavy (non-hydrogen) atoms. The van der Waals surface area contributed by atoms with Crippen molar-refractivity contribution in [3.8, 4) is 6.07 Å². The summed E-state index contributed by atoms with van der Waals surface area (Å²) in [6.07, 6.45) is 9.97. The Morgan fingerprint density at radius 2 is 1.82 bits per heavy atom. The van der Waals surface area contributed by atoms with Gasteiger partial charge in [0.25, 0.3) is 0 Å². The lowest BCUT2D eigenvalue weighted by Crippen LogP contribution is -2.65. The summed E-state index contributed by atoms with van der Waals surface area (Å²) < 4.78 is 11.5. The first-order valence-electron chi connectivity index (χ1n) is 15.2. The highest BCUT2D eigenvalue weighted by Crippen LogP contribution is 2.74. The highest BCUT2D eigenvalue weighted by Gasteiger charge is 2.70. The Kier molecular flexibility index (Phi) is 6.16. The molecule has 7 nitrogen and oxygen atoms in total. The van der Waals surface area contributed by atoms with Crippen molar-refractivity contribution in [3.05, 3.63) is 35.1 Å². The summed E-state index contributed by atoms with van der Waals surface area (Å²) >= 11 is 0. The predicted octanol–water partition coefficient (Wildman–Crippen LogP) is 6.09. The van der Waals surface area contributed by atoms with Crippen LogP contribution in [-0.4, -0.2) is 34.3 Å². The number of aromatic nitrogens is 2. The number of nitriles is 1. The zero-order chi connectivity index (χ0) is 28.9. The van der Waals surface area contributed by atoms with Crippen molar-refractivity contribution in [3.63, 3.8) is 0 Å². The summed E-state index contributed by atoms with van der Waals surface area (Å²) in [6.45, 7) is 14.0. The summed E-state index contributed by atoms with van der Waals surface area (Å²) in [5.74, 6) is 1.52. The molecule has 1 heterocycles. The molecule has 1 aromatic heterocycles. The number of rotatable bonds is 3. The van der Waals surface area contributed by atoms with Crippen molar-refractivity contribution in [2.75, 3.05) is 7.11 Å². The van der Waals surface area contributed by atoms with Crippen LogP contribution in [0.15, 0.2) is 27.7 Å². The van der Waals surface area contributed by atoms with E-state index >= 15 is 0 Å². The molecule has 0 aromatic carbocycles. The lowest BCUT2D eigenvalue weighted by molar-refractivity contribution is -0.160. The minimum absolute atomic E-state index is 0.0345. The van der Waals surface area contributed by atoms with E-state index in [4.69, 9.17) is 9.15 Å².